The Kier molecular flexibility index (Phi) is 4.12. The summed E-state index contributed by atoms with van der Waals surface area (Å²) in [5.41, 5.74) is 1.29. The Hall–Kier alpha value is -2.66. The van der Waals surface area contributed by atoms with Crippen molar-refractivity contribution in [3.8, 4) is 0 Å². The highest BCUT2D eigenvalue weighted by Gasteiger charge is 2.37. The van der Waals surface area contributed by atoms with Gasteiger partial charge >= 0.3 is 0 Å². The maximum atomic E-state index is 12.9. The second-order valence-electron chi connectivity index (χ2n) is 5.00. The molecule has 2 aromatic carbocycles. The number of nitrogens with zero attached hydrogens (tertiary/aromatic N) is 1. The van der Waals surface area contributed by atoms with E-state index in [4.69, 9.17) is 11.6 Å². The van der Waals surface area contributed by atoms with Crippen LogP contribution in [0.5, 0.6) is 0 Å². The summed E-state index contributed by atoms with van der Waals surface area (Å²) in [6.45, 7) is 0.142. The van der Waals surface area contributed by atoms with Crippen molar-refractivity contribution in [2.45, 2.75) is 6.54 Å². The lowest BCUT2D eigenvalue weighted by Gasteiger charge is -2.15. The van der Waals surface area contributed by atoms with E-state index < -0.39 is 17.6 Å². The van der Waals surface area contributed by atoms with Gasteiger partial charge in [0.05, 0.1) is 6.54 Å². The standard InChI is InChI=1S/C17H12ClFN2O2/c18-14-15(20-13-8-6-12(19)7-9-13)17(23)21(16(14)22)10-11-4-2-1-3-5-11/h1-9,20H,10H2. The number of hydrogen-bond donors (Lipinski definition) is 1. The zero-order chi connectivity index (χ0) is 16.4. The fourth-order valence-electron chi connectivity index (χ4n) is 2.24. The van der Waals surface area contributed by atoms with Gasteiger partial charge in [-0.25, -0.2) is 4.39 Å². The minimum Gasteiger partial charge on any atom is -0.350 e. The van der Waals surface area contributed by atoms with Crippen LogP contribution in [0.4, 0.5) is 10.1 Å². The lowest BCUT2D eigenvalue weighted by Crippen LogP contribution is -2.31. The number of carbonyl (C=O) groups is 2. The molecule has 3 rings (SSSR count). The Morgan fingerprint density at radius 2 is 1.61 bits per heavy atom. The monoisotopic (exact) mass is 330 g/mol. The third-order valence-electron chi connectivity index (χ3n) is 3.41. The summed E-state index contributed by atoms with van der Waals surface area (Å²) in [6, 6.07) is 14.6. The molecule has 2 amide bonds. The van der Waals surface area contributed by atoms with E-state index in [9.17, 15) is 14.0 Å². The molecule has 0 spiro atoms. The number of hydrogen-bond acceptors (Lipinski definition) is 3. The maximum Gasteiger partial charge on any atom is 0.279 e. The molecule has 116 valence electrons. The first-order valence-electron chi connectivity index (χ1n) is 6.89. The van der Waals surface area contributed by atoms with Crippen molar-refractivity contribution >= 4 is 29.1 Å². The van der Waals surface area contributed by atoms with Gasteiger partial charge in [-0.1, -0.05) is 41.9 Å². The number of halogens is 2. The molecule has 1 aliphatic rings. The molecule has 23 heavy (non-hydrogen) atoms. The Bertz CT molecular complexity index is 788. The van der Waals surface area contributed by atoms with Gasteiger partial charge in [-0.3, -0.25) is 14.5 Å². The van der Waals surface area contributed by atoms with E-state index >= 15 is 0 Å². The fraction of sp³-hybridized carbons (Fsp3) is 0.0588. The van der Waals surface area contributed by atoms with Gasteiger partial charge in [0.25, 0.3) is 11.8 Å². The maximum absolute atomic E-state index is 12.9. The van der Waals surface area contributed by atoms with Gasteiger partial charge in [-0.2, -0.15) is 0 Å². The molecule has 2 aromatic rings. The molecule has 0 atom stereocenters. The molecule has 0 radical (unpaired) electrons. The third-order valence-corrected chi connectivity index (χ3v) is 3.76. The molecular weight excluding hydrogens is 319 g/mol. The topological polar surface area (TPSA) is 49.4 Å². The summed E-state index contributed by atoms with van der Waals surface area (Å²) in [5, 5.41) is 2.61. The van der Waals surface area contributed by atoms with Crippen LogP contribution in [0.25, 0.3) is 0 Å². The van der Waals surface area contributed by atoms with Crippen LogP contribution >= 0.6 is 11.6 Å². The molecule has 6 heteroatoms. The lowest BCUT2D eigenvalue weighted by molar-refractivity contribution is -0.138. The van der Waals surface area contributed by atoms with Crippen LogP contribution in [-0.2, 0) is 16.1 Å². The van der Waals surface area contributed by atoms with Crippen LogP contribution in [0.1, 0.15) is 5.56 Å². The molecule has 0 aliphatic carbocycles. The van der Waals surface area contributed by atoms with Gasteiger partial charge in [0.2, 0.25) is 0 Å². The molecule has 4 nitrogen and oxygen atoms in total. The third kappa shape index (κ3) is 3.10. The second kappa shape index (κ2) is 6.22. The van der Waals surface area contributed by atoms with Crippen LogP contribution in [0.3, 0.4) is 0 Å². The van der Waals surface area contributed by atoms with Crippen molar-refractivity contribution < 1.29 is 14.0 Å². The number of amides is 2. The molecule has 0 unspecified atom stereocenters. The molecule has 1 aliphatic heterocycles. The van der Waals surface area contributed by atoms with Gasteiger partial charge in [0, 0.05) is 5.69 Å². The number of benzene rings is 2. The van der Waals surface area contributed by atoms with Crippen molar-refractivity contribution in [3.63, 3.8) is 0 Å². The summed E-state index contributed by atoms with van der Waals surface area (Å²) in [4.78, 5) is 25.7. The van der Waals surface area contributed by atoms with Crippen molar-refractivity contribution in [1.29, 1.82) is 0 Å². The van der Waals surface area contributed by atoms with E-state index in [-0.39, 0.29) is 17.3 Å². The molecule has 0 saturated carbocycles. The number of carbonyl (C=O) groups excluding carboxylic acids is 2. The van der Waals surface area contributed by atoms with Crippen LogP contribution in [0.2, 0.25) is 0 Å². The van der Waals surface area contributed by atoms with E-state index in [1.54, 1.807) is 0 Å². The molecule has 0 bridgehead atoms. The highest BCUT2D eigenvalue weighted by Crippen LogP contribution is 2.27. The predicted molar refractivity (Wildman–Crippen MR) is 84.9 cm³/mol. The fourth-order valence-corrected chi connectivity index (χ4v) is 2.47. The van der Waals surface area contributed by atoms with Gasteiger partial charge < -0.3 is 5.32 Å². The van der Waals surface area contributed by atoms with E-state index in [1.807, 2.05) is 30.3 Å². The van der Waals surface area contributed by atoms with E-state index in [2.05, 4.69) is 5.32 Å². The van der Waals surface area contributed by atoms with Gasteiger partial charge in [-0.15, -0.1) is 0 Å². The zero-order valence-electron chi connectivity index (χ0n) is 11.9. The van der Waals surface area contributed by atoms with Crippen molar-refractivity contribution in [2.75, 3.05) is 5.32 Å². The largest absolute Gasteiger partial charge is 0.350 e. The summed E-state index contributed by atoms with van der Waals surface area (Å²) in [5.74, 6) is -1.45. The minimum absolute atomic E-state index is 0.000735. The average molecular weight is 331 g/mol. The van der Waals surface area contributed by atoms with Crippen molar-refractivity contribution in [2.24, 2.45) is 0 Å². The molecule has 0 saturated heterocycles. The van der Waals surface area contributed by atoms with Crippen LogP contribution < -0.4 is 5.32 Å². The van der Waals surface area contributed by atoms with E-state index in [0.29, 0.717) is 5.69 Å². The van der Waals surface area contributed by atoms with Crippen LogP contribution in [0.15, 0.2) is 65.3 Å². The normalized spacial score (nSPS) is 14.6. The van der Waals surface area contributed by atoms with Gasteiger partial charge in [0.15, 0.2) is 0 Å². The first-order valence-corrected chi connectivity index (χ1v) is 7.26. The van der Waals surface area contributed by atoms with E-state index in [1.165, 1.54) is 24.3 Å². The van der Waals surface area contributed by atoms with Crippen molar-refractivity contribution in [3.05, 3.63) is 76.7 Å². The molecule has 1 N–H and O–H groups in total. The van der Waals surface area contributed by atoms with E-state index in [0.717, 1.165) is 10.5 Å². The first-order chi connectivity index (χ1) is 11.1. The number of rotatable bonds is 4. The molecular formula is C17H12ClFN2O2. The number of nitrogens with one attached hydrogen (secondary N) is 1. The van der Waals surface area contributed by atoms with Gasteiger partial charge in [-0.05, 0) is 29.8 Å². The first kappa shape index (κ1) is 15.2. The van der Waals surface area contributed by atoms with Crippen molar-refractivity contribution in [1.82, 2.24) is 4.90 Å². The summed E-state index contributed by atoms with van der Waals surface area (Å²) in [6.07, 6.45) is 0. The molecule has 1 heterocycles. The highest BCUT2D eigenvalue weighted by molar-refractivity contribution is 6.48. The smallest absolute Gasteiger partial charge is 0.279 e. The van der Waals surface area contributed by atoms with Gasteiger partial charge in [0.1, 0.15) is 16.5 Å². The minimum atomic E-state index is -0.551. The number of imide groups is 1. The Labute approximate surface area is 137 Å². The Morgan fingerprint density at radius 1 is 0.957 bits per heavy atom. The highest BCUT2D eigenvalue weighted by atomic mass is 35.5. The quantitative estimate of drug-likeness (QED) is 0.875. The Morgan fingerprint density at radius 3 is 2.26 bits per heavy atom. The Balaban J connectivity index is 1.80. The second-order valence-corrected chi connectivity index (χ2v) is 5.38. The summed E-state index contributed by atoms with van der Waals surface area (Å²) >= 11 is 6.00. The molecule has 0 aromatic heterocycles. The average Bonchev–Trinajstić information content (AvgIpc) is 2.76. The number of anilines is 1. The molecule has 0 fully saturated rings. The van der Waals surface area contributed by atoms with Crippen LogP contribution in [0, 0.1) is 5.82 Å². The summed E-state index contributed by atoms with van der Waals surface area (Å²) < 4.78 is 12.9. The zero-order valence-corrected chi connectivity index (χ0v) is 12.7. The summed E-state index contributed by atoms with van der Waals surface area (Å²) in [7, 11) is 0. The lowest BCUT2D eigenvalue weighted by atomic mass is 10.2. The predicted octanol–water partition coefficient (Wildman–Crippen LogP) is 3.26. The van der Waals surface area contributed by atoms with Crippen LogP contribution in [-0.4, -0.2) is 16.7 Å². The SMILES string of the molecule is O=C1C(Cl)=C(Nc2ccc(F)cc2)C(=O)N1Cc1ccccc1.